The predicted molar refractivity (Wildman–Crippen MR) is 158 cm³/mol. The molecule has 3 aliphatic rings. The zero-order valence-corrected chi connectivity index (χ0v) is 23.4. The van der Waals surface area contributed by atoms with Crippen LogP contribution in [0, 0.1) is 11.3 Å². The number of nitrogens with zero attached hydrogens (tertiary/aromatic N) is 1. The number of benzene rings is 2. The fourth-order valence-corrected chi connectivity index (χ4v) is 7.06. The van der Waals surface area contributed by atoms with Gasteiger partial charge < -0.3 is 31.1 Å². The van der Waals surface area contributed by atoms with Crippen molar-refractivity contribution >= 4 is 29.3 Å². The Hall–Kier alpha value is -3.19. The van der Waals surface area contributed by atoms with Crippen molar-refractivity contribution in [1.82, 2.24) is 10.6 Å². The Morgan fingerprint density at radius 3 is 2.59 bits per heavy atom. The number of nitrogens with one attached hydrogen (secondary N) is 4. The molecule has 1 unspecified atom stereocenters. The fraction of sp³-hybridized carbons (Fsp3) is 0.531. The molecule has 5 rings (SSSR count). The molecule has 1 amide bonds. The Morgan fingerprint density at radius 1 is 1.13 bits per heavy atom. The fourth-order valence-electron chi connectivity index (χ4n) is 7.06. The molecule has 2 saturated heterocycles. The van der Waals surface area contributed by atoms with Gasteiger partial charge in [-0.15, -0.1) is 0 Å². The van der Waals surface area contributed by atoms with E-state index < -0.39 is 5.92 Å². The van der Waals surface area contributed by atoms with Gasteiger partial charge in [0.1, 0.15) is 6.29 Å². The highest BCUT2D eigenvalue weighted by Gasteiger charge is 2.39. The van der Waals surface area contributed by atoms with Crippen LogP contribution in [0.3, 0.4) is 0 Å². The Kier molecular flexibility index (Phi) is 8.36. The minimum Gasteiger partial charge on any atom is -0.388 e. The number of fused-ring (bicyclic) bond motifs is 2. The van der Waals surface area contributed by atoms with Crippen molar-refractivity contribution in [2.24, 2.45) is 5.92 Å². The van der Waals surface area contributed by atoms with Crippen molar-refractivity contribution in [2.75, 3.05) is 50.5 Å². The lowest BCUT2D eigenvalue weighted by Crippen LogP contribution is -2.38. The highest BCUT2D eigenvalue weighted by molar-refractivity contribution is 6.10. The number of amides is 1. The van der Waals surface area contributed by atoms with E-state index in [0.717, 1.165) is 62.2 Å². The first-order valence-corrected chi connectivity index (χ1v) is 14.6. The average Bonchev–Trinajstić information content (AvgIpc) is 3.33. The molecular weight excluding hydrogens is 486 g/mol. The lowest BCUT2D eigenvalue weighted by molar-refractivity contribution is -0.120. The molecule has 0 bridgehead atoms. The number of hydrogen-bond donors (Lipinski definition) is 4. The third-order valence-electron chi connectivity index (χ3n) is 9.52. The molecule has 2 aliphatic heterocycles. The minimum atomic E-state index is -0.604. The molecule has 0 aromatic heterocycles. The van der Waals surface area contributed by atoms with E-state index in [2.05, 4.69) is 51.2 Å². The number of anilines is 2. The normalized spacial score (nSPS) is 19.4. The number of hydrogen-bond acceptors (Lipinski definition) is 6. The Morgan fingerprint density at radius 2 is 1.90 bits per heavy atom. The summed E-state index contributed by atoms with van der Waals surface area (Å²) in [5, 5.41) is 18.0. The van der Waals surface area contributed by atoms with Crippen LogP contribution in [0.5, 0.6) is 0 Å². The van der Waals surface area contributed by atoms with Crippen LogP contribution in [-0.4, -0.2) is 58.2 Å². The zero-order valence-electron chi connectivity index (χ0n) is 23.4. The molecule has 2 heterocycles. The maximum atomic E-state index is 11.7. The van der Waals surface area contributed by atoms with Crippen LogP contribution in [-0.2, 0) is 21.4 Å². The summed E-state index contributed by atoms with van der Waals surface area (Å²) in [6.45, 7) is 4.29. The summed E-state index contributed by atoms with van der Waals surface area (Å²) in [6.07, 6.45) is 8.71. The van der Waals surface area contributed by atoms with Gasteiger partial charge in [0, 0.05) is 50.5 Å². The topological polar surface area (TPSA) is 97.3 Å². The van der Waals surface area contributed by atoms with Crippen molar-refractivity contribution < 1.29 is 9.59 Å². The summed E-state index contributed by atoms with van der Waals surface area (Å²) in [4.78, 5) is 25.8. The van der Waals surface area contributed by atoms with E-state index >= 15 is 0 Å². The highest BCUT2D eigenvalue weighted by Crippen LogP contribution is 2.46. The summed E-state index contributed by atoms with van der Waals surface area (Å²) in [6, 6.07) is 13.5. The second kappa shape index (κ2) is 11.9. The van der Waals surface area contributed by atoms with Crippen molar-refractivity contribution in [3.63, 3.8) is 0 Å². The van der Waals surface area contributed by atoms with Crippen LogP contribution >= 0.6 is 0 Å². The van der Waals surface area contributed by atoms with Gasteiger partial charge in [-0.2, -0.15) is 0 Å². The van der Waals surface area contributed by atoms with Crippen molar-refractivity contribution in [1.29, 1.82) is 5.41 Å². The second-order valence-corrected chi connectivity index (χ2v) is 11.6. The molecular formula is C32H43N5O2. The predicted octanol–water partition coefficient (Wildman–Crippen LogP) is 4.39. The third-order valence-corrected chi connectivity index (χ3v) is 9.52. The van der Waals surface area contributed by atoms with Gasteiger partial charge in [0.05, 0.1) is 11.6 Å². The number of aldehydes is 1. The Labute approximate surface area is 232 Å². The van der Waals surface area contributed by atoms with Crippen LogP contribution in [0.2, 0.25) is 0 Å². The van der Waals surface area contributed by atoms with Crippen molar-refractivity contribution in [3.8, 4) is 0 Å². The molecule has 2 aromatic rings. The first-order valence-electron chi connectivity index (χ1n) is 14.6. The number of carbonyl (C=O) groups excluding carboxylic acids is 2. The van der Waals surface area contributed by atoms with Crippen molar-refractivity contribution in [2.45, 2.75) is 62.7 Å². The van der Waals surface area contributed by atoms with Gasteiger partial charge in [0.15, 0.2) is 0 Å². The molecule has 1 atom stereocenters. The van der Waals surface area contributed by atoms with E-state index in [9.17, 15) is 9.59 Å². The molecule has 1 aliphatic carbocycles. The molecule has 4 N–H and O–H groups in total. The summed E-state index contributed by atoms with van der Waals surface area (Å²) < 4.78 is 0. The smallest absolute Gasteiger partial charge is 0.219 e. The monoisotopic (exact) mass is 529 g/mol. The van der Waals surface area contributed by atoms with Gasteiger partial charge in [-0.3, -0.25) is 4.79 Å². The van der Waals surface area contributed by atoms with Crippen LogP contribution < -0.4 is 20.9 Å². The van der Waals surface area contributed by atoms with Gasteiger partial charge in [-0.1, -0.05) is 18.2 Å². The molecule has 0 saturated carbocycles. The first kappa shape index (κ1) is 27.4. The van der Waals surface area contributed by atoms with E-state index in [1.54, 1.807) is 18.2 Å². The standard InChI is InChI=1S/C32H43N5O2/c1-34-29-20-26(5-6-27(29)31(33)25(21-38)4-8-30(39)35-2)37-17-10-22(11-18-37)23-3-7-28-24(19-23)9-12-32(28)13-15-36-16-14-32/h3,5-7,19-22,25,33-34,36H,4,8-18H2,1-2H3,(H,35,39). The molecule has 208 valence electrons. The molecule has 2 aromatic carbocycles. The number of aryl methyl sites for hydroxylation is 1. The highest BCUT2D eigenvalue weighted by atomic mass is 16.1. The number of piperidine rings is 2. The average molecular weight is 530 g/mol. The number of rotatable bonds is 9. The quantitative estimate of drug-likeness (QED) is 0.285. The zero-order chi connectivity index (χ0) is 27.4. The lowest BCUT2D eigenvalue weighted by atomic mass is 9.74. The van der Waals surface area contributed by atoms with Gasteiger partial charge in [0.25, 0.3) is 0 Å². The minimum absolute atomic E-state index is 0.118. The molecule has 2 fully saturated rings. The SMILES string of the molecule is CNC(=O)CCC(C=O)C(=N)c1ccc(N2CCC(c3ccc4c(c3)CCC43CCNCC3)CC2)cc1NC. The van der Waals surface area contributed by atoms with Crippen LogP contribution in [0.1, 0.15) is 73.1 Å². The molecule has 7 nitrogen and oxygen atoms in total. The van der Waals surface area contributed by atoms with E-state index in [1.807, 2.05) is 13.1 Å². The molecule has 7 heteroatoms. The van der Waals surface area contributed by atoms with E-state index in [-0.39, 0.29) is 18.0 Å². The first-order chi connectivity index (χ1) is 19.0. The maximum absolute atomic E-state index is 11.7. The van der Waals surface area contributed by atoms with Crippen LogP contribution in [0.4, 0.5) is 11.4 Å². The van der Waals surface area contributed by atoms with Crippen LogP contribution in [0.15, 0.2) is 36.4 Å². The summed E-state index contributed by atoms with van der Waals surface area (Å²) in [5.74, 6) is -0.123. The largest absolute Gasteiger partial charge is 0.388 e. The maximum Gasteiger partial charge on any atom is 0.219 e. The summed E-state index contributed by atoms with van der Waals surface area (Å²) in [7, 11) is 3.43. The van der Waals surface area contributed by atoms with Gasteiger partial charge in [0.2, 0.25) is 5.91 Å². The third kappa shape index (κ3) is 5.60. The lowest BCUT2D eigenvalue weighted by Gasteiger charge is -2.36. The summed E-state index contributed by atoms with van der Waals surface area (Å²) >= 11 is 0. The van der Waals surface area contributed by atoms with E-state index in [1.165, 1.54) is 31.2 Å². The Bertz CT molecular complexity index is 1210. The van der Waals surface area contributed by atoms with Crippen LogP contribution in [0.25, 0.3) is 0 Å². The number of carbonyl (C=O) groups is 2. The van der Waals surface area contributed by atoms with Crippen molar-refractivity contribution in [3.05, 3.63) is 58.7 Å². The van der Waals surface area contributed by atoms with Gasteiger partial charge in [-0.25, -0.2) is 0 Å². The Balaban J connectivity index is 1.23. The van der Waals surface area contributed by atoms with E-state index in [4.69, 9.17) is 5.41 Å². The van der Waals surface area contributed by atoms with Gasteiger partial charge in [-0.05, 0) is 104 Å². The molecule has 1 spiro atoms. The summed E-state index contributed by atoms with van der Waals surface area (Å²) in [5.41, 5.74) is 8.11. The van der Waals surface area contributed by atoms with Gasteiger partial charge >= 0.3 is 0 Å². The second-order valence-electron chi connectivity index (χ2n) is 11.6. The molecule has 39 heavy (non-hydrogen) atoms. The molecule has 0 radical (unpaired) electrons. The van der Waals surface area contributed by atoms with E-state index in [0.29, 0.717) is 17.8 Å².